The molecule has 0 saturated heterocycles. The molecular formula is C59H49N7O4. The minimum Gasteiger partial charge on any atom is -0.478 e. The van der Waals surface area contributed by atoms with Gasteiger partial charge in [0.1, 0.15) is 0 Å². The summed E-state index contributed by atoms with van der Waals surface area (Å²) in [7, 11) is 0. The third-order valence-electron chi connectivity index (χ3n) is 11.4. The van der Waals surface area contributed by atoms with Crippen LogP contribution in [0.3, 0.4) is 0 Å². The monoisotopic (exact) mass is 919 g/mol. The fourth-order valence-electron chi connectivity index (χ4n) is 7.45. The number of hydrogen-bond donors (Lipinski definition) is 4. The predicted molar refractivity (Wildman–Crippen MR) is 280 cm³/mol. The van der Waals surface area contributed by atoms with Gasteiger partial charge in [0.05, 0.1) is 46.1 Å². The molecule has 10 rings (SSSR count). The molecule has 2 amide bonds. The summed E-state index contributed by atoms with van der Waals surface area (Å²) in [4.78, 5) is 45.5. The zero-order valence-corrected chi connectivity index (χ0v) is 38.5. The van der Waals surface area contributed by atoms with Crippen molar-refractivity contribution in [3.05, 3.63) is 259 Å². The van der Waals surface area contributed by atoms with Crippen LogP contribution < -0.4 is 16.4 Å². The molecule has 11 heteroatoms. The Kier molecular flexibility index (Phi) is 14.9. The molecule has 70 heavy (non-hydrogen) atoms. The first-order chi connectivity index (χ1) is 34.1. The number of nitrogens with zero attached hydrogens (tertiary/aromatic N) is 4. The van der Waals surface area contributed by atoms with E-state index in [9.17, 15) is 19.5 Å². The van der Waals surface area contributed by atoms with Gasteiger partial charge in [0, 0.05) is 48.6 Å². The van der Waals surface area contributed by atoms with Crippen LogP contribution in [0, 0.1) is 13.8 Å². The van der Waals surface area contributed by atoms with Crippen molar-refractivity contribution < 1.29 is 19.5 Å². The number of anilines is 3. The van der Waals surface area contributed by atoms with E-state index in [1.54, 1.807) is 36.8 Å². The summed E-state index contributed by atoms with van der Waals surface area (Å²) in [5.41, 5.74) is 18.6. The number of nitrogen functional groups attached to an aromatic ring is 1. The Balaban J connectivity index is 0.000000149. The van der Waals surface area contributed by atoms with Gasteiger partial charge in [0.15, 0.2) is 0 Å². The number of aromatic nitrogens is 4. The zero-order chi connectivity index (χ0) is 48.8. The number of hydrogen-bond acceptors (Lipinski definition) is 6. The van der Waals surface area contributed by atoms with Gasteiger partial charge < -0.3 is 30.6 Å². The number of nitrogens with one attached hydrogen (secondary N) is 2. The van der Waals surface area contributed by atoms with E-state index in [2.05, 4.69) is 63.1 Å². The average molecular weight is 920 g/mol. The molecule has 0 aliphatic heterocycles. The van der Waals surface area contributed by atoms with Crippen LogP contribution in [0.2, 0.25) is 0 Å². The number of carbonyl (C=O) groups excluding carboxylic acids is 2. The second-order valence-corrected chi connectivity index (χ2v) is 16.2. The highest BCUT2D eigenvalue weighted by Gasteiger charge is 2.16. The summed E-state index contributed by atoms with van der Waals surface area (Å²) in [5.74, 6) is -1.72. The Hall–Kier alpha value is -9.61. The first kappa shape index (κ1) is 46.9. The molecule has 0 spiro atoms. The van der Waals surface area contributed by atoms with Gasteiger partial charge in [-0.3, -0.25) is 19.6 Å². The van der Waals surface area contributed by atoms with Gasteiger partial charge in [-0.05, 0) is 119 Å². The quantitative estimate of drug-likeness (QED) is 0.0995. The number of carboxylic acid groups (broad SMARTS) is 1. The molecule has 10 aromatic rings. The molecule has 0 aliphatic rings. The van der Waals surface area contributed by atoms with Gasteiger partial charge in [-0.15, -0.1) is 0 Å². The van der Waals surface area contributed by atoms with Crippen LogP contribution in [0.1, 0.15) is 42.2 Å². The minimum atomic E-state index is -1.11. The molecule has 4 heterocycles. The fourth-order valence-corrected chi connectivity index (χ4v) is 7.45. The van der Waals surface area contributed by atoms with Gasteiger partial charge in [-0.25, -0.2) is 4.79 Å². The second-order valence-electron chi connectivity index (χ2n) is 16.2. The highest BCUT2D eigenvalue weighted by molar-refractivity contribution is 6.08. The van der Waals surface area contributed by atoms with E-state index in [-0.39, 0.29) is 17.2 Å². The smallest absolute Gasteiger partial charge is 0.337 e. The summed E-state index contributed by atoms with van der Waals surface area (Å²) in [6, 6.07) is 58.2. The van der Waals surface area contributed by atoms with Crippen molar-refractivity contribution >= 4 is 34.8 Å². The van der Waals surface area contributed by atoms with E-state index >= 15 is 0 Å². The first-order valence-electron chi connectivity index (χ1n) is 22.4. The van der Waals surface area contributed by atoms with E-state index < -0.39 is 11.9 Å². The molecule has 0 aliphatic carbocycles. The van der Waals surface area contributed by atoms with Crippen molar-refractivity contribution in [1.29, 1.82) is 0 Å². The van der Waals surface area contributed by atoms with Gasteiger partial charge in [0.25, 0.3) is 11.8 Å². The van der Waals surface area contributed by atoms with Crippen LogP contribution in [0.4, 0.5) is 17.1 Å². The van der Waals surface area contributed by atoms with Crippen molar-refractivity contribution in [2.24, 2.45) is 0 Å². The largest absolute Gasteiger partial charge is 0.478 e. The number of benzene rings is 6. The Labute approximate surface area is 406 Å². The van der Waals surface area contributed by atoms with E-state index in [1.165, 1.54) is 23.4 Å². The number of nitrogens with two attached hydrogens (primary N) is 1. The molecule has 0 unspecified atom stereocenters. The maximum absolute atomic E-state index is 12.8. The summed E-state index contributed by atoms with van der Waals surface area (Å²) < 4.78 is 3.76. The standard InChI is InChI=1S/C23H17N3O3.C23H19N3O.C13H13N/c27-22(18-12-19(15-24-14-18)26-10-4-5-11-26)25-21-13-17(8-9-20(21)23(28)29)16-6-2-1-3-7-16;1-17-9-10-19(18-7-3-2-4-8-18)14-22(17)25-23(27)20-13-21(16-24-15-20)26-11-5-6-12-26;1-10-7-8-12(9-13(10)14)11-5-3-2-4-6-11/h1-15H,(H,25,27)(H,28,29);2-16H,1H3,(H,25,27);2-9H,14H2,1H3. The number of rotatable bonds is 10. The molecule has 0 radical (unpaired) electrons. The Morgan fingerprint density at radius 2 is 0.843 bits per heavy atom. The SMILES string of the molecule is Cc1ccc(-c2ccccc2)cc1N.Cc1ccc(-c2ccccc2)cc1NC(=O)c1cncc(-n2cccc2)c1.O=C(Nc1cc(-c2ccccc2)ccc1C(=O)O)c1cncc(-n2cccc2)c1. The lowest BCUT2D eigenvalue weighted by Gasteiger charge is -2.12. The highest BCUT2D eigenvalue weighted by Crippen LogP contribution is 2.28. The van der Waals surface area contributed by atoms with Crippen LogP contribution in [0.25, 0.3) is 44.8 Å². The number of carbonyl (C=O) groups is 3. The molecule has 0 bridgehead atoms. The Morgan fingerprint density at radius 1 is 0.443 bits per heavy atom. The maximum Gasteiger partial charge on any atom is 0.337 e. The van der Waals surface area contributed by atoms with E-state index in [1.807, 2.05) is 163 Å². The van der Waals surface area contributed by atoms with E-state index in [4.69, 9.17) is 5.73 Å². The van der Waals surface area contributed by atoms with Gasteiger partial charge in [-0.2, -0.15) is 0 Å². The Morgan fingerprint density at radius 3 is 1.29 bits per heavy atom. The summed E-state index contributed by atoms with van der Waals surface area (Å²) in [6.07, 6.45) is 14.0. The van der Waals surface area contributed by atoms with Crippen LogP contribution in [0.5, 0.6) is 0 Å². The highest BCUT2D eigenvalue weighted by atomic mass is 16.4. The molecule has 0 saturated carbocycles. The number of carboxylic acids is 1. The lowest BCUT2D eigenvalue weighted by Crippen LogP contribution is -2.15. The number of amides is 2. The molecule has 0 fully saturated rings. The molecule has 6 aromatic carbocycles. The third-order valence-corrected chi connectivity index (χ3v) is 11.4. The molecule has 5 N–H and O–H groups in total. The second kappa shape index (κ2) is 22.3. The third kappa shape index (κ3) is 11.9. The van der Waals surface area contributed by atoms with Crippen molar-refractivity contribution in [2.45, 2.75) is 13.8 Å². The fraction of sp³-hybridized carbons (Fsp3) is 0.0339. The van der Waals surface area contributed by atoms with Crippen molar-refractivity contribution in [3.63, 3.8) is 0 Å². The maximum atomic E-state index is 12.8. The number of pyridine rings is 2. The van der Waals surface area contributed by atoms with E-state index in [0.717, 1.165) is 56.1 Å². The average Bonchev–Trinajstić information content (AvgIpc) is 4.16. The van der Waals surface area contributed by atoms with Gasteiger partial charge in [-0.1, -0.05) is 121 Å². The lowest BCUT2D eigenvalue weighted by atomic mass is 10.0. The summed E-state index contributed by atoms with van der Waals surface area (Å²) >= 11 is 0. The normalized spacial score (nSPS) is 10.4. The topological polar surface area (TPSA) is 157 Å². The van der Waals surface area contributed by atoms with Crippen LogP contribution in [0.15, 0.2) is 232 Å². The van der Waals surface area contributed by atoms with Crippen LogP contribution in [-0.4, -0.2) is 42.0 Å². The first-order valence-corrected chi connectivity index (χ1v) is 22.4. The molecule has 344 valence electrons. The molecule has 11 nitrogen and oxygen atoms in total. The van der Waals surface area contributed by atoms with Crippen LogP contribution in [-0.2, 0) is 0 Å². The van der Waals surface area contributed by atoms with Crippen molar-refractivity contribution in [2.75, 3.05) is 16.4 Å². The zero-order valence-electron chi connectivity index (χ0n) is 38.5. The van der Waals surface area contributed by atoms with Crippen LogP contribution >= 0.6 is 0 Å². The predicted octanol–water partition coefficient (Wildman–Crippen LogP) is 12.8. The lowest BCUT2D eigenvalue weighted by molar-refractivity contribution is 0.0697. The Bertz CT molecular complexity index is 3360. The molecule has 0 atom stereocenters. The molecular weight excluding hydrogens is 871 g/mol. The van der Waals surface area contributed by atoms with Gasteiger partial charge >= 0.3 is 5.97 Å². The van der Waals surface area contributed by atoms with Gasteiger partial charge in [0.2, 0.25) is 0 Å². The summed E-state index contributed by atoms with van der Waals surface area (Å²) in [6.45, 7) is 4.00. The number of aryl methyl sites for hydroxylation is 2. The molecule has 4 aromatic heterocycles. The van der Waals surface area contributed by atoms with E-state index in [0.29, 0.717) is 11.1 Å². The number of aromatic carboxylic acids is 1. The van der Waals surface area contributed by atoms with Crippen molar-refractivity contribution in [1.82, 2.24) is 19.1 Å². The minimum absolute atomic E-state index is 0.0209. The summed E-state index contributed by atoms with van der Waals surface area (Å²) in [5, 5.41) is 15.3. The van der Waals surface area contributed by atoms with Crippen molar-refractivity contribution in [3.8, 4) is 44.8 Å².